The topological polar surface area (TPSA) is 62.7 Å². The van der Waals surface area contributed by atoms with Gasteiger partial charge >= 0.3 is 11.7 Å². The van der Waals surface area contributed by atoms with Gasteiger partial charge in [-0.25, -0.2) is 4.79 Å². The Morgan fingerprint density at radius 3 is 2.82 bits per heavy atom. The first-order valence-corrected chi connectivity index (χ1v) is 5.75. The van der Waals surface area contributed by atoms with Gasteiger partial charge in [0.25, 0.3) is 0 Å². The second-order valence-corrected chi connectivity index (χ2v) is 4.00. The molecular weight excluding hydrogens is 284 g/mol. The number of carbonyl (C=O) groups is 1. The number of carbonyl (C=O) groups excluding carboxylic acids is 1. The number of rotatable bonds is 5. The van der Waals surface area contributed by atoms with Crippen LogP contribution in [0.2, 0.25) is 0 Å². The Kier molecular flexibility index (Phi) is 5.33. The van der Waals surface area contributed by atoms with Gasteiger partial charge in [-0.05, 0) is 34.5 Å². The third kappa shape index (κ3) is 3.66. The molecule has 0 aliphatic heterocycles. The van der Waals surface area contributed by atoms with Crippen molar-refractivity contribution in [3.8, 4) is 0 Å². The quantitative estimate of drug-likeness (QED) is 0.209. The highest BCUT2D eigenvalue weighted by Gasteiger charge is 2.26. The summed E-state index contributed by atoms with van der Waals surface area (Å²) in [7, 11) is 0. The van der Waals surface area contributed by atoms with Gasteiger partial charge in [-0.2, -0.15) is 4.79 Å². The van der Waals surface area contributed by atoms with Crippen molar-refractivity contribution in [2.75, 3.05) is 6.61 Å². The summed E-state index contributed by atoms with van der Waals surface area (Å²) in [5, 5.41) is 0. The Morgan fingerprint density at radius 1 is 1.53 bits per heavy atom. The van der Waals surface area contributed by atoms with Gasteiger partial charge in [0.05, 0.1) is 12.2 Å². The van der Waals surface area contributed by atoms with E-state index >= 15 is 0 Å². The third-order valence-electron chi connectivity index (χ3n) is 1.98. The number of halogens is 1. The van der Waals surface area contributed by atoms with Crippen LogP contribution in [0.1, 0.15) is 12.0 Å². The van der Waals surface area contributed by atoms with Crippen LogP contribution in [0.25, 0.3) is 5.53 Å². The highest BCUT2D eigenvalue weighted by atomic mass is 79.9. The van der Waals surface area contributed by atoms with E-state index in [0.29, 0.717) is 16.5 Å². The number of hydrogen-bond acceptors (Lipinski definition) is 2. The first kappa shape index (κ1) is 13.4. The summed E-state index contributed by atoms with van der Waals surface area (Å²) in [4.78, 5) is 14.6. The summed E-state index contributed by atoms with van der Waals surface area (Å²) >= 11 is 3.27. The van der Waals surface area contributed by atoms with Crippen LogP contribution >= 0.6 is 15.9 Å². The average Bonchev–Trinajstić information content (AvgIpc) is 2.33. The molecular formula is C12H11BrN2O2. The lowest BCUT2D eigenvalue weighted by Crippen LogP contribution is -2.20. The van der Waals surface area contributed by atoms with E-state index in [1.165, 1.54) is 0 Å². The van der Waals surface area contributed by atoms with Crippen LogP contribution in [0.15, 0.2) is 41.4 Å². The van der Waals surface area contributed by atoms with Crippen LogP contribution in [0.5, 0.6) is 0 Å². The number of hydrogen-bond donors (Lipinski definition) is 0. The molecule has 0 spiro atoms. The fraction of sp³-hybridized carbons (Fsp3) is 0.167. The number of nitrogens with zero attached hydrogens (tertiary/aromatic N) is 2. The molecule has 0 saturated heterocycles. The molecule has 1 rings (SSSR count). The summed E-state index contributed by atoms with van der Waals surface area (Å²) in [5.74, 6) is -0.666. The molecule has 17 heavy (non-hydrogen) atoms. The third-order valence-corrected chi connectivity index (χ3v) is 2.67. The van der Waals surface area contributed by atoms with Gasteiger partial charge in [0.2, 0.25) is 0 Å². The molecule has 0 aliphatic carbocycles. The molecule has 0 aromatic heterocycles. The van der Waals surface area contributed by atoms with Gasteiger partial charge in [0.15, 0.2) is 0 Å². The van der Waals surface area contributed by atoms with Crippen molar-refractivity contribution in [3.63, 3.8) is 0 Å². The van der Waals surface area contributed by atoms with E-state index in [2.05, 4.69) is 27.3 Å². The molecule has 0 atom stereocenters. The van der Waals surface area contributed by atoms with E-state index in [1.807, 2.05) is 0 Å². The summed E-state index contributed by atoms with van der Waals surface area (Å²) in [6, 6.07) is 6.94. The molecule has 0 saturated carbocycles. The fourth-order valence-corrected chi connectivity index (χ4v) is 1.63. The SMILES string of the molecule is C=CCCOC(=O)C(=[N+]=[N-])c1ccccc1Br. The number of esters is 1. The maximum Gasteiger partial charge on any atom is 0.422 e. The molecule has 0 N–H and O–H groups in total. The van der Waals surface area contributed by atoms with Crippen LogP contribution in [-0.4, -0.2) is 23.1 Å². The van der Waals surface area contributed by atoms with E-state index in [0.717, 1.165) is 0 Å². The highest BCUT2D eigenvalue weighted by molar-refractivity contribution is 9.10. The van der Waals surface area contributed by atoms with Crippen LogP contribution in [0, 0.1) is 0 Å². The first-order chi connectivity index (χ1) is 8.20. The molecule has 0 unspecified atom stereocenters. The summed E-state index contributed by atoms with van der Waals surface area (Å²) < 4.78 is 5.58. The maximum atomic E-state index is 11.6. The lowest BCUT2D eigenvalue weighted by molar-refractivity contribution is -0.139. The van der Waals surface area contributed by atoms with Gasteiger partial charge < -0.3 is 10.3 Å². The Hall–Kier alpha value is -1.71. The van der Waals surface area contributed by atoms with Crippen LogP contribution in [-0.2, 0) is 9.53 Å². The lowest BCUT2D eigenvalue weighted by Gasteiger charge is -2.01. The largest absolute Gasteiger partial charge is 0.456 e. The van der Waals surface area contributed by atoms with E-state index in [1.54, 1.807) is 30.3 Å². The zero-order valence-electron chi connectivity index (χ0n) is 9.10. The average molecular weight is 295 g/mol. The summed E-state index contributed by atoms with van der Waals surface area (Å²) in [6.45, 7) is 3.73. The summed E-state index contributed by atoms with van der Waals surface area (Å²) in [5.41, 5.74) is 9.24. The van der Waals surface area contributed by atoms with Crippen molar-refractivity contribution < 1.29 is 14.3 Å². The fourth-order valence-electron chi connectivity index (χ4n) is 1.16. The molecule has 0 amide bonds. The molecule has 5 heteroatoms. The van der Waals surface area contributed by atoms with E-state index in [-0.39, 0.29) is 12.3 Å². The smallest absolute Gasteiger partial charge is 0.422 e. The molecule has 88 valence electrons. The van der Waals surface area contributed by atoms with Gasteiger partial charge in [0.1, 0.15) is 0 Å². The molecule has 4 nitrogen and oxygen atoms in total. The molecule has 0 aliphatic rings. The molecule has 0 radical (unpaired) electrons. The lowest BCUT2D eigenvalue weighted by atomic mass is 10.1. The standard InChI is InChI=1S/C12H11BrN2O2/c1-2-3-8-17-12(16)11(15-14)9-6-4-5-7-10(9)13/h2,4-7H,1,3,8H2. The van der Waals surface area contributed by atoms with Crippen LogP contribution in [0.3, 0.4) is 0 Å². The molecule has 1 aromatic rings. The Labute approximate surface area is 108 Å². The predicted molar refractivity (Wildman–Crippen MR) is 67.6 cm³/mol. The van der Waals surface area contributed by atoms with Crippen LogP contribution in [0.4, 0.5) is 0 Å². The Morgan fingerprint density at radius 2 is 2.24 bits per heavy atom. The second-order valence-electron chi connectivity index (χ2n) is 3.14. The maximum absolute atomic E-state index is 11.6. The number of ether oxygens (including phenoxy) is 1. The summed E-state index contributed by atoms with van der Waals surface area (Å²) in [6.07, 6.45) is 2.20. The molecule has 0 heterocycles. The van der Waals surface area contributed by atoms with Crippen molar-refractivity contribution in [2.45, 2.75) is 6.42 Å². The van der Waals surface area contributed by atoms with E-state index < -0.39 is 5.97 Å². The van der Waals surface area contributed by atoms with Crippen molar-refractivity contribution in [1.29, 1.82) is 0 Å². The highest BCUT2D eigenvalue weighted by Crippen LogP contribution is 2.16. The minimum absolute atomic E-state index is 0.124. The van der Waals surface area contributed by atoms with Crippen molar-refractivity contribution in [2.24, 2.45) is 0 Å². The van der Waals surface area contributed by atoms with Crippen molar-refractivity contribution in [1.82, 2.24) is 0 Å². The monoisotopic (exact) mass is 294 g/mol. The molecule has 1 aromatic carbocycles. The van der Waals surface area contributed by atoms with Gasteiger partial charge in [-0.15, -0.1) is 6.58 Å². The number of benzene rings is 1. The minimum atomic E-state index is -0.666. The molecule has 0 bridgehead atoms. The zero-order chi connectivity index (χ0) is 12.7. The van der Waals surface area contributed by atoms with E-state index in [9.17, 15) is 4.79 Å². The molecule has 0 fully saturated rings. The van der Waals surface area contributed by atoms with Crippen molar-refractivity contribution in [3.05, 3.63) is 52.5 Å². The van der Waals surface area contributed by atoms with Gasteiger partial charge in [-0.1, -0.05) is 18.2 Å². The van der Waals surface area contributed by atoms with E-state index in [4.69, 9.17) is 10.3 Å². The van der Waals surface area contributed by atoms with Crippen LogP contribution < -0.4 is 0 Å². The minimum Gasteiger partial charge on any atom is -0.456 e. The second kappa shape index (κ2) is 6.78. The predicted octanol–water partition coefficient (Wildman–Crippen LogP) is 2.59. The first-order valence-electron chi connectivity index (χ1n) is 4.95. The van der Waals surface area contributed by atoms with Crippen molar-refractivity contribution >= 4 is 27.6 Å². The Balaban J connectivity index is 2.87. The zero-order valence-corrected chi connectivity index (χ0v) is 10.7. The van der Waals surface area contributed by atoms with Gasteiger partial charge in [-0.3, -0.25) is 0 Å². The normalized spacial score (nSPS) is 9.24. The van der Waals surface area contributed by atoms with Gasteiger partial charge in [0, 0.05) is 4.47 Å². The Bertz CT molecular complexity index is 479.